The van der Waals surface area contributed by atoms with Gasteiger partial charge in [0.2, 0.25) is 0 Å². The molecule has 0 radical (unpaired) electrons. The van der Waals surface area contributed by atoms with E-state index in [-0.39, 0.29) is 0 Å². The van der Waals surface area contributed by atoms with Crippen LogP contribution in [0.15, 0.2) is 36.7 Å². The number of aldehydes is 1. The maximum absolute atomic E-state index is 14.1. The van der Waals surface area contributed by atoms with Crippen molar-refractivity contribution in [2.45, 2.75) is 6.92 Å². The van der Waals surface area contributed by atoms with Gasteiger partial charge in [-0.1, -0.05) is 18.2 Å². The van der Waals surface area contributed by atoms with E-state index < -0.39 is 5.82 Å². The Bertz CT molecular complexity index is 821. The minimum atomic E-state index is -0.395. The fourth-order valence-electron chi connectivity index (χ4n) is 2.45. The second-order valence-electron chi connectivity index (χ2n) is 4.82. The number of hydrogen-bond acceptors (Lipinski definition) is 2. The fourth-order valence-corrected chi connectivity index (χ4v) is 2.45. The number of hydrogen-bond donors (Lipinski definition) is 0. The van der Waals surface area contributed by atoms with Gasteiger partial charge in [0.25, 0.3) is 0 Å². The fraction of sp³-hybridized carbons (Fsp3) is 0.125. The van der Waals surface area contributed by atoms with Crippen LogP contribution >= 0.6 is 0 Å². The Balaban J connectivity index is 2.24. The molecule has 0 amide bonds. The van der Waals surface area contributed by atoms with Crippen molar-refractivity contribution < 1.29 is 9.18 Å². The van der Waals surface area contributed by atoms with Gasteiger partial charge in [-0.15, -0.1) is 0 Å². The molecule has 1 heterocycles. The van der Waals surface area contributed by atoms with Crippen LogP contribution in [0.5, 0.6) is 0 Å². The first kappa shape index (κ1) is 12.5. The van der Waals surface area contributed by atoms with Gasteiger partial charge in [-0.2, -0.15) is 0 Å². The molecule has 0 aliphatic carbocycles. The lowest BCUT2D eigenvalue weighted by atomic mass is 9.98. The van der Waals surface area contributed by atoms with Gasteiger partial charge >= 0.3 is 0 Å². The molecular weight excluding hydrogens is 255 g/mol. The topological polar surface area (TPSA) is 34.9 Å². The molecule has 3 nitrogen and oxygen atoms in total. The zero-order valence-corrected chi connectivity index (χ0v) is 11.2. The molecule has 0 saturated heterocycles. The van der Waals surface area contributed by atoms with Crippen LogP contribution in [0.3, 0.4) is 0 Å². The number of nitrogens with zero attached hydrogens (tertiary/aromatic N) is 2. The van der Waals surface area contributed by atoms with Gasteiger partial charge in [-0.05, 0) is 30.2 Å². The molecule has 2 aromatic carbocycles. The maximum Gasteiger partial charge on any atom is 0.150 e. The van der Waals surface area contributed by atoms with Crippen molar-refractivity contribution in [1.29, 1.82) is 0 Å². The summed E-state index contributed by atoms with van der Waals surface area (Å²) >= 11 is 0. The Kier molecular flexibility index (Phi) is 2.86. The lowest BCUT2D eigenvalue weighted by Crippen LogP contribution is -1.92. The molecule has 1 aromatic heterocycles. The highest BCUT2D eigenvalue weighted by Crippen LogP contribution is 2.30. The van der Waals surface area contributed by atoms with E-state index in [1.807, 2.05) is 30.7 Å². The van der Waals surface area contributed by atoms with Crippen LogP contribution < -0.4 is 0 Å². The van der Waals surface area contributed by atoms with Gasteiger partial charge in [-0.25, -0.2) is 9.37 Å². The van der Waals surface area contributed by atoms with E-state index >= 15 is 0 Å². The maximum atomic E-state index is 14.1. The minimum absolute atomic E-state index is 0.336. The number of rotatable bonds is 2. The number of aromatic nitrogens is 2. The van der Waals surface area contributed by atoms with Gasteiger partial charge in [0.15, 0.2) is 0 Å². The third kappa shape index (κ3) is 1.81. The highest BCUT2D eigenvalue weighted by Gasteiger charge is 2.12. The summed E-state index contributed by atoms with van der Waals surface area (Å²) in [6.45, 7) is 1.93. The average Bonchev–Trinajstić information content (AvgIpc) is 2.82. The Morgan fingerprint density at radius 2 is 1.95 bits per heavy atom. The number of carbonyl (C=O) groups is 1. The molecule has 0 atom stereocenters. The Morgan fingerprint density at radius 1 is 1.20 bits per heavy atom. The van der Waals surface area contributed by atoms with E-state index in [1.165, 1.54) is 6.07 Å². The minimum Gasteiger partial charge on any atom is -0.334 e. The van der Waals surface area contributed by atoms with Gasteiger partial charge in [-0.3, -0.25) is 4.79 Å². The third-order valence-electron chi connectivity index (χ3n) is 3.57. The first-order valence-corrected chi connectivity index (χ1v) is 6.27. The summed E-state index contributed by atoms with van der Waals surface area (Å²) in [4.78, 5) is 15.0. The van der Waals surface area contributed by atoms with Crippen molar-refractivity contribution >= 4 is 17.3 Å². The molecule has 20 heavy (non-hydrogen) atoms. The second kappa shape index (κ2) is 4.56. The van der Waals surface area contributed by atoms with Crippen molar-refractivity contribution in [3.05, 3.63) is 53.6 Å². The summed E-state index contributed by atoms with van der Waals surface area (Å²) < 4.78 is 16.1. The molecule has 3 rings (SSSR count). The van der Waals surface area contributed by atoms with Crippen molar-refractivity contribution in [2.75, 3.05) is 0 Å². The molecule has 0 saturated carbocycles. The molecule has 4 heteroatoms. The number of aryl methyl sites for hydroxylation is 2. The smallest absolute Gasteiger partial charge is 0.150 e. The van der Waals surface area contributed by atoms with Gasteiger partial charge in [0.05, 0.1) is 17.4 Å². The molecule has 0 aliphatic rings. The molecule has 0 spiro atoms. The summed E-state index contributed by atoms with van der Waals surface area (Å²) in [5, 5.41) is 0. The predicted molar refractivity (Wildman–Crippen MR) is 76.2 cm³/mol. The SMILES string of the molecule is Cc1c(-c2ccc(C=O)cc2F)ccc2c1ncn2C. The molecule has 100 valence electrons. The summed E-state index contributed by atoms with van der Waals surface area (Å²) in [7, 11) is 1.92. The van der Waals surface area contributed by atoms with Crippen LogP contribution in [0.25, 0.3) is 22.2 Å². The predicted octanol–water partition coefficient (Wildman–Crippen LogP) is 3.50. The summed E-state index contributed by atoms with van der Waals surface area (Å²) in [6.07, 6.45) is 2.38. The lowest BCUT2D eigenvalue weighted by molar-refractivity contribution is 0.112. The van der Waals surface area contributed by atoms with Crippen molar-refractivity contribution in [2.24, 2.45) is 7.05 Å². The number of fused-ring (bicyclic) bond motifs is 1. The summed E-state index contributed by atoms with van der Waals surface area (Å²) in [5.41, 5.74) is 4.43. The van der Waals surface area contributed by atoms with Crippen molar-refractivity contribution in [3.63, 3.8) is 0 Å². The van der Waals surface area contributed by atoms with Crippen LogP contribution in [0.1, 0.15) is 15.9 Å². The number of imidazole rings is 1. The quantitative estimate of drug-likeness (QED) is 0.667. The van der Waals surface area contributed by atoms with Crippen LogP contribution in [-0.2, 0) is 7.05 Å². The van der Waals surface area contributed by atoms with Crippen LogP contribution in [0.4, 0.5) is 4.39 Å². The van der Waals surface area contributed by atoms with Gasteiger partial charge in [0, 0.05) is 18.2 Å². The number of carbonyl (C=O) groups excluding carboxylic acids is 1. The van der Waals surface area contributed by atoms with E-state index in [0.29, 0.717) is 17.4 Å². The average molecular weight is 268 g/mol. The first-order chi connectivity index (χ1) is 9.61. The summed E-state index contributed by atoms with van der Waals surface area (Å²) in [6, 6.07) is 8.32. The Labute approximate surface area is 115 Å². The summed E-state index contributed by atoms with van der Waals surface area (Å²) in [5.74, 6) is -0.395. The monoisotopic (exact) mass is 268 g/mol. The normalized spacial score (nSPS) is 10.9. The Morgan fingerprint density at radius 3 is 2.65 bits per heavy atom. The van der Waals surface area contributed by atoms with E-state index in [0.717, 1.165) is 22.2 Å². The van der Waals surface area contributed by atoms with E-state index in [4.69, 9.17) is 0 Å². The molecule has 0 bridgehead atoms. The van der Waals surface area contributed by atoms with Crippen molar-refractivity contribution in [1.82, 2.24) is 9.55 Å². The van der Waals surface area contributed by atoms with Crippen LogP contribution in [-0.4, -0.2) is 15.8 Å². The van der Waals surface area contributed by atoms with Gasteiger partial charge in [0.1, 0.15) is 12.1 Å². The molecule has 0 N–H and O–H groups in total. The van der Waals surface area contributed by atoms with E-state index in [2.05, 4.69) is 4.98 Å². The number of halogens is 1. The largest absolute Gasteiger partial charge is 0.334 e. The lowest BCUT2D eigenvalue weighted by Gasteiger charge is -2.09. The third-order valence-corrected chi connectivity index (χ3v) is 3.57. The zero-order valence-electron chi connectivity index (χ0n) is 11.2. The molecule has 0 aliphatic heterocycles. The van der Waals surface area contributed by atoms with Crippen LogP contribution in [0.2, 0.25) is 0 Å². The molecule has 3 aromatic rings. The molecule has 0 unspecified atom stereocenters. The first-order valence-electron chi connectivity index (χ1n) is 6.27. The highest BCUT2D eigenvalue weighted by molar-refractivity contribution is 5.87. The standard InChI is InChI=1S/C16H13FN2O/c1-10-12(5-6-15-16(10)18-9-19(15)2)13-4-3-11(8-20)7-14(13)17/h3-9H,1-2H3. The van der Waals surface area contributed by atoms with Crippen LogP contribution in [0, 0.1) is 12.7 Å². The van der Waals surface area contributed by atoms with E-state index in [9.17, 15) is 9.18 Å². The van der Waals surface area contributed by atoms with Crippen molar-refractivity contribution in [3.8, 4) is 11.1 Å². The molecule has 0 fully saturated rings. The number of benzene rings is 2. The Hall–Kier alpha value is -2.49. The van der Waals surface area contributed by atoms with Gasteiger partial charge < -0.3 is 4.57 Å². The highest BCUT2D eigenvalue weighted by atomic mass is 19.1. The second-order valence-corrected chi connectivity index (χ2v) is 4.82. The zero-order chi connectivity index (χ0) is 14.3. The van der Waals surface area contributed by atoms with E-state index in [1.54, 1.807) is 18.5 Å². The molecular formula is C16H13FN2O.